The van der Waals surface area contributed by atoms with Crippen molar-refractivity contribution in [3.63, 3.8) is 0 Å². The minimum atomic E-state index is 0.328. The molecule has 0 aromatic rings. The molecule has 1 unspecified atom stereocenters. The first kappa shape index (κ1) is 11.9. The minimum absolute atomic E-state index is 0.328. The third-order valence-corrected chi connectivity index (χ3v) is 4.04. The monoisotopic (exact) mass is 224 g/mol. The number of carbonyl (C=O) groups is 1. The number of amides is 1. The van der Waals surface area contributed by atoms with E-state index in [4.69, 9.17) is 0 Å². The Kier molecular flexibility index (Phi) is 4.22. The third kappa shape index (κ3) is 2.76. The Bertz CT molecular complexity index is 236. The van der Waals surface area contributed by atoms with Gasteiger partial charge in [-0.3, -0.25) is 4.79 Å². The Labute approximate surface area is 98.6 Å². The number of nitrogens with zero attached hydrogens (tertiary/aromatic N) is 1. The van der Waals surface area contributed by atoms with Crippen molar-refractivity contribution in [2.24, 2.45) is 5.92 Å². The highest BCUT2D eigenvalue weighted by atomic mass is 16.2. The maximum absolute atomic E-state index is 12.4. The van der Waals surface area contributed by atoms with E-state index in [0.717, 1.165) is 38.9 Å². The molecule has 1 saturated heterocycles. The summed E-state index contributed by atoms with van der Waals surface area (Å²) in [5.41, 5.74) is 0. The van der Waals surface area contributed by atoms with Gasteiger partial charge in [0.1, 0.15) is 0 Å². The van der Waals surface area contributed by atoms with Gasteiger partial charge in [0.15, 0.2) is 0 Å². The maximum atomic E-state index is 12.4. The largest absolute Gasteiger partial charge is 0.338 e. The fraction of sp³-hybridized carbons (Fsp3) is 0.923. The van der Waals surface area contributed by atoms with Gasteiger partial charge >= 0.3 is 0 Å². The first-order valence-electron chi connectivity index (χ1n) is 6.80. The van der Waals surface area contributed by atoms with Crippen molar-refractivity contribution in [1.29, 1.82) is 0 Å². The van der Waals surface area contributed by atoms with Crippen molar-refractivity contribution >= 4 is 5.91 Å². The van der Waals surface area contributed by atoms with Crippen LogP contribution in [0.25, 0.3) is 0 Å². The van der Waals surface area contributed by atoms with E-state index >= 15 is 0 Å². The molecule has 1 atom stereocenters. The fourth-order valence-corrected chi connectivity index (χ4v) is 2.92. The summed E-state index contributed by atoms with van der Waals surface area (Å²) in [5, 5.41) is 3.37. The van der Waals surface area contributed by atoms with Crippen LogP contribution in [0.15, 0.2) is 0 Å². The van der Waals surface area contributed by atoms with Crippen LogP contribution in [0.3, 0.4) is 0 Å². The molecular weight excluding hydrogens is 200 g/mol. The Hall–Kier alpha value is -0.570. The lowest BCUT2D eigenvalue weighted by Crippen LogP contribution is -2.43. The topological polar surface area (TPSA) is 32.3 Å². The maximum Gasteiger partial charge on any atom is 0.225 e. The lowest BCUT2D eigenvalue weighted by molar-refractivity contribution is -0.138. The van der Waals surface area contributed by atoms with Gasteiger partial charge in [0.05, 0.1) is 0 Å². The first-order valence-corrected chi connectivity index (χ1v) is 6.80. The standard InChI is InChI=1S/C13H24N2O/c1-11-7-8-14-9-10-15(11)13(16)12-5-3-2-4-6-12/h11-12,14H,2-10H2,1H3. The van der Waals surface area contributed by atoms with Crippen LogP contribution in [-0.4, -0.2) is 36.5 Å². The number of rotatable bonds is 1. The van der Waals surface area contributed by atoms with Gasteiger partial charge in [-0.05, 0) is 32.7 Å². The third-order valence-electron chi connectivity index (χ3n) is 4.04. The van der Waals surface area contributed by atoms with E-state index in [1.54, 1.807) is 0 Å². The SMILES string of the molecule is CC1CCNCCN1C(=O)C1CCCCC1. The van der Waals surface area contributed by atoms with Crippen molar-refractivity contribution in [2.75, 3.05) is 19.6 Å². The molecule has 3 nitrogen and oxygen atoms in total. The van der Waals surface area contributed by atoms with Crippen LogP contribution in [-0.2, 0) is 4.79 Å². The molecule has 2 aliphatic rings. The molecule has 0 aromatic carbocycles. The second-order valence-electron chi connectivity index (χ2n) is 5.25. The summed E-state index contributed by atoms with van der Waals surface area (Å²) in [7, 11) is 0. The van der Waals surface area contributed by atoms with Gasteiger partial charge in [0.2, 0.25) is 5.91 Å². The molecule has 16 heavy (non-hydrogen) atoms. The van der Waals surface area contributed by atoms with E-state index in [0.29, 0.717) is 17.9 Å². The van der Waals surface area contributed by atoms with Crippen molar-refractivity contribution in [2.45, 2.75) is 51.5 Å². The van der Waals surface area contributed by atoms with Crippen LogP contribution in [0.4, 0.5) is 0 Å². The van der Waals surface area contributed by atoms with Gasteiger partial charge in [0, 0.05) is 25.0 Å². The van der Waals surface area contributed by atoms with Crippen LogP contribution in [0.2, 0.25) is 0 Å². The summed E-state index contributed by atoms with van der Waals surface area (Å²) in [6, 6.07) is 0.421. The highest BCUT2D eigenvalue weighted by Crippen LogP contribution is 2.26. The number of carbonyl (C=O) groups excluding carboxylic acids is 1. The lowest BCUT2D eigenvalue weighted by atomic mass is 9.88. The van der Waals surface area contributed by atoms with Crippen molar-refractivity contribution in [1.82, 2.24) is 10.2 Å². The summed E-state index contributed by atoms with van der Waals surface area (Å²) in [5.74, 6) is 0.755. The number of nitrogens with one attached hydrogen (secondary N) is 1. The molecule has 0 spiro atoms. The molecule has 1 aliphatic heterocycles. The predicted molar refractivity (Wildman–Crippen MR) is 65.2 cm³/mol. The Morgan fingerprint density at radius 3 is 2.62 bits per heavy atom. The van der Waals surface area contributed by atoms with E-state index in [9.17, 15) is 4.79 Å². The molecule has 1 heterocycles. The molecule has 0 bridgehead atoms. The quantitative estimate of drug-likeness (QED) is 0.736. The highest BCUT2D eigenvalue weighted by Gasteiger charge is 2.29. The summed E-state index contributed by atoms with van der Waals surface area (Å²) in [6.45, 7) is 5.10. The highest BCUT2D eigenvalue weighted by molar-refractivity contribution is 5.79. The van der Waals surface area contributed by atoms with Gasteiger partial charge < -0.3 is 10.2 Å². The average molecular weight is 224 g/mol. The van der Waals surface area contributed by atoms with E-state index in [1.807, 2.05) is 0 Å². The van der Waals surface area contributed by atoms with Crippen LogP contribution >= 0.6 is 0 Å². The normalized spacial score (nSPS) is 28.8. The van der Waals surface area contributed by atoms with Crippen LogP contribution in [0.5, 0.6) is 0 Å². The molecule has 1 aliphatic carbocycles. The summed E-state index contributed by atoms with van der Waals surface area (Å²) < 4.78 is 0. The summed E-state index contributed by atoms with van der Waals surface area (Å²) in [4.78, 5) is 14.5. The summed E-state index contributed by atoms with van der Waals surface area (Å²) in [6.07, 6.45) is 7.15. The zero-order chi connectivity index (χ0) is 11.4. The van der Waals surface area contributed by atoms with Gasteiger partial charge in [0.25, 0.3) is 0 Å². The Morgan fingerprint density at radius 2 is 1.88 bits per heavy atom. The van der Waals surface area contributed by atoms with E-state index in [1.165, 1.54) is 19.3 Å². The summed E-state index contributed by atoms with van der Waals surface area (Å²) >= 11 is 0. The zero-order valence-corrected chi connectivity index (χ0v) is 10.4. The van der Waals surface area contributed by atoms with Gasteiger partial charge in [-0.25, -0.2) is 0 Å². The van der Waals surface area contributed by atoms with Crippen molar-refractivity contribution in [3.05, 3.63) is 0 Å². The molecule has 0 aromatic heterocycles. The van der Waals surface area contributed by atoms with Gasteiger partial charge in [-0.15, -0.1) is 0 Å². The predicted octanol–water partition coefficient (Wildman–Crippen LogP) is 1.78. The smallest absolute Gasteiger partial charge is 0.225 e. The lowest BCUT2D eigenvalue weighted by Gasteiger charge is -2.32. The molecule has 1 saturated carbocycles. The molecule has 3 heteroatoms. The minimum Gasteiger partial charge on any atom is -0.338 e. The molecule has 0 radical (unpaired) electrons. The van der Waals surface area contributed by atoms with Crippen LogP contribution in [0.1, 0.15) is 45.4 Å². The Morgan fingerprint density at radius 1 is 1.12 bits per heavy atom. The van der Waals surface area contributed by atoms with Crippen molar-refractivity contribution < 1.29 is 4.79 Å². The second-order valence-corrected chi connectivity index (χ2v) is 5.25. The van der Waals surface area contributed by atoms with Gasteiger partial charge in [-0.1, -0.05) is 19.3 Å². The molecule has 92 valence electrons. The molecular formula is C13H24N2O. The molecule has 1 amide bonds. The molecule has 2 fully saturated rings. The van der Waals surface area contributed by atoms with Crippen LogP contribution < -0.4 is 5.32 Å². The first-order chi connectivity index (χ1) is 7.79. The molecule has 1 N–H and O–H groups in total. The van der Waals surface area contributed by atoms with Crippen molar-refractivity contribution in [3.8, 4) is 0 Å². The van der Waals surface area contributed by atoms with E-state index in [2.05, 4.69) is 17.1 Å². The molecule has 2 rings (SSSR count). The average Bonchev–Trinajstić information content (AvgIpc) is 2.54. The number of hydrogen-bond donors (Lipinski definition) is 1. The zero-order valence-electron chi connectivity index (χ0n) is 10.4. The van der Waals surface area contributed by atoms with Crippen LogP contribution in [0, 0.1) is 5.92 Å². The number of hydrogen-bond acceptors (Lipinski definition) is 2. The Balaban J connectivity index is 1.95. The van der Waals surface area contributed by atoms with E-state index in [-0.39, 0.29) is 0 Å². The van der Waals surface area contributed by atoms with Gasteiger partial charge in [-0.2, -0.15) is 0 Å². The van der Waals surface area contributed by atoms with E-state index < -0.39 is 0 Å². The fourth-order valence-electron chi connectivity index (χ4n) is 2.92. The second kappa shape index (κ2) is 5.67.